The molecule has 4 heteroatoms. The lowest BCUT2D eigenvalue weighted by molar-refractivity contribution is 0.215. The Balaban J connectivity index is 2.57. The fourth-order valence-corrected chi connectivity index (χ4v) is 1.85. The highest BCUT2D eigenvalue weighted by Gasteiger charge is 2.13. The predicted molar refractivity (Wildman–Crippen MR) is 67.4 cm³/mol. The first kappa shape index (κ1) is 14.1. The van der Waals surface area contributed by atoms with Gasteiger partial charge < -0.3 is 15.3 Å². The van der Waals surface area contributed by atoms with Crippen LogP contribution in [0.25, 0.3) is 0 Å². The van der Waals surface area contributed by atoms with Gasteiger partial charge in [-0.3, -0.25) is 0 Å². The van der Waals surface area contributed by atoms with Crippen LogP contribution < -0.4 is 5.32 Å². The number of rotatable bonds is 7. The van der Waals surface area contributed by atoms with E-state index in [1.165, 1.54) is 6.07 Å². The minimum atomic E-state index is -0.170. The first-order valence-corrected chi connectivity index (χ1v) is 5.90. The maximum Gasteiger partial charge on any atom is 0.127 e. The van der Waals surface area contributed by atoms with Crippen molar-refractivity contribution in [3.8, 4) is 0 Å². The van der Waals surface area contributed by atoms with Crippen molar-refractivity contribution in [2.45, 2.75) is 12.5 Å². The van der Waals surface area contributed by atoms with Gasteiger partial charge in [-0.2, -0.15) is 0 Å². The van der Waals surface area contributed by atoms with Crippen molar-refractivity contribution in [2.24, 2.45) is 0 Å². The number of hydrogen-bond donors (Lipinski definition) is 2. The monoisotopic (exact) mass is 240 g/mol. The quantitative estimate of drug-likeness (QED) is 0.756. The molecule has 0 saturated heterocycles. The highest BCUT2D eigenvalue weighted by atomic mass is 19.1. The van der Waals surface area contributed by atoms with Crippen molar-refractivity contribution in [2.75, 3.05) is 33.8 Å². The van der Waals surface area contributed by atoms with Crippen molar-refractivity contribution in [3.05, 3.63) is 35.6 Å². The van der Waals surface area contributed by atoms with Gasteiger partial charge in [0.25, 0.3) is 0 Å². The molecule has 1 atom stereocenters. The number of likely N-dealkylation sites (N-methyl/N-ethyl adjacent to an activating group) is 1. The van der Waals surface area contributed by atoms with Gasteiger partial charge >= 0.3 is 0 Å². The van der Waals surface area contributed by atoms with Crippen LogP contribution in [0.5, 0.6) is 0 Å². The minimum absolute atomic E-state index is 0.0114. The summed E-state index contributed by atoms with van der Waals surface area (Å²) in [6, 6.07) is 6.85. The second-order valence-corrected chi connectivity index (χ2v) is 4.18. The smallest absolute Gasteiger partial charge is 0.127 e. The van der Waals surface area contributed by atoms with Crippen molar-refractivity contribution in [1.29, 1.82) is 0 Å². The topological polar surface area (TPSA) is 35.5 Å². The molecule has 0 aliphatic heterocycles. The molecule has 0 saturated carbocycles. The fourth-order valence-electron chi connectivity index (χ4n) is 1.85. The summed E-state index contributed by atoms with van der Waals surface area (Å²) in [6.07, 6.45) is 0.813. The molecule has 0 bridgehead atoms. The second-order valence-electron chi connectivity index (χ2n) is 4.18. The third-order valence-corrected chi connectivity index (χ3v) is 2.91. The molecule has 96 valence electrons. The molecule has 3 nitrogen and oxygen atoms in total. The summed E-state index contributed by atoms with van der Waals surface area (Å²) >= 11 is 0. The number of aliphatic hydroxyl groups is 1. The Kier molecular flexibility index (Phi) is 6.11. The van der Waals surface area contributed by atoms with Gasteiger partial charge in [0, 0.05) is 18.2 Å². The highest BCUT2D eigenvalue weighted by Crippen LogP contribution is 2.19. The average molecular weight is 240 g/mol. The molecule has 0 heterocycles. The standard InChI is InChI=1S/C13H21FN2O/c1-15-13(7-8-16(2)9-10-17)11-5-3-4-6-12(11)14/h3-6,13,15,17H,7-10H2,1-2H3. The maximum atomic E-state index is 13.6. The Morgan fingerprint density at radius 3 is 2.65 bits per heavy atom. The molecule has 1 aromatic carbocycles. The Morgan fingerprint density at radius 1 is 1.35 bits per heavy atom. The molecule has 0 aliphatic rings. The summed E-state index contributed by atoms with van der Waals surface area (Å²) < 4.78 is 13.6. The van der Waals surface area contributed by atoms with Crippen LogP contribution in [-0.2, 0) is 0 Å². The second kappa shape index (κ2) is 7.37. The molecule has 1 unspecified atom stereocenters. The minimum Gasteiger partial charge on any atom is -0.395 e. The Hall–Kier alpha value is -0.970. The van der Waals surface area contributed by atoms with E-state index in [0.29, 0.717) is 12.1 Å². The van der Waals surface area contributed by atoms with Crippen LogP contribution in [0, 0.1) is 5.82 Å². The van der Waals surface area contributed by atoms with Gasteiger partial charge in [-0.25, -0.2) is 4.39 Å². The van der Waals surface area contributed by atoms with E-state index in [1.807, 2.05) is 31.1 Å². The van der Waals surface area contributed by atoms with Crippen molar-refractivity contribution >= 4 is 0 Å². The number of nitrogens with zero attached hydrogens (tertiary/aromatic N) is 1. The zero-order valence-electron chi connectivity index (χ0n) is 10.5. The zero-order chi connectivity index (χ0) is 12.7. The number of hydrogen-bond acceptors (Lipinski definition) is 3. The van der Waals surface area contributed by atoms with E-state index in [1.54, 1.807) is 6.07 Å². The van der Waals surface area contributed by atoms with Gasteiger partial charge in [-0.1, -0.05) is 18.2 Å². The zero-order valence-corrected chi connectivity index (χ0v) is 10.5. The van der Waals surface area contributed by atoms with Crippen LogP contribution in [0.2, 0.25) is 0 Å². The van der Waals surface area contributed by atoms with E-state index in [2.05, 4.69) is 5.32 Å². The van der Waals surface area contributed by atoms with Crippen molar-refractivity contribution < 1.29 is 9.50 Å². The molecular formula is C13H21FN2O. The van der Waals surface area contributed by atoms with E-state index >= 15 is 0 Å². The lowest BCUT2D eigenvalue weighted by Gasteiger charge is -2.21. The van der Waals surface area contributed by atoms with Crippen LogP contribution in [0.4, 0.5) is 4.39 Å². The summed E-state index contributed by atoms with van der Waals surface area (Å²) in [5.41, 5.74) is 0.701. The first-order chi connectivity index (χ1) is 8.19. The van der Waals surface area contributed by atoms with Gasteiger partial charge in [0.15, 0.2) is 0 Å². The Labute approximate surface area is 102 Å². The number of nitrogens with one attached hydrogen (secondary N) is 1. The predicted octanol–water partition coefficient (Wildman–Crippen LogP) is 1.40. The van der Waals surface area contributed by atoms with Crippen LogP contribution in [-0.4, -0.2) is 43.8 Å². The van der Waals surface area contributed by atoms with Gasteiger partial charge in [-0.15, -0.1) is 0 Å². The lowest BCUT2D eigenvalue weighted by Crippen LogP contribution is -2.27. The van der Waals surface area contributed by atoms with Crippen LogP contribution >= 0.6 is 0 Å². The van der Waals surface area contributed by atoms with Crippen molar-refractivity contribution in [3.63, 3.8) is 0 Å². The Morgan fingerprint density at radius 2 is 2.06 bits per heavy atom. The summed E-state index contributed by atoms with van der Waals surface area (Å²) in [7, 11) is 3.79. The van der Waals surface area contributed by atoms with Crippen LogP contribution in [0.1, 0.15) is 18.0 Å². The van der Waals surface area contributed by atoms with Gasteiger partial charge in [0.05, 0.1) is 6.61 Å². The summed E-state index contributed by atoms with van der Waals surface area (Å²) in [5.74, 6) is -0.170. The van der Waals surface area contributed by atoms with Crippen molar-refractivity contribution in [1.82, 2.24) is 10.2 Å². The van der Waals surface area contributed by atoms with Crippen LogP contribution in [0.3, 0.4) is 0 Å². The maximum absolute atomic E-state index is 13.6. The summed E-state index contributed by atoms with van der Waals surface area (Å²) in [5, 5.41) is 11.9. The largest absolute Gasteiger partial charge is 0.395 e. The van der Waals surface area contributed by atoms with E-state index in [4.69, 9.17) is 5.11 Å². The molecule has 0 fully saturated rings. The van der Waals surface area contributed by atoms with E-state index in [9.17, 15) is 4.39 Å². The summed E-state index contributed by atoms with van der Waals surface area (Å²) in [4.78, 5) is 2.03. The molecule has 0 aromatic heterocycles. The van der Waals surface area contributed by atoms with Gasteiger partial charge in [0.2, 0.25) is 0 Å². The molecule has 0 aliphatic carbocycles. The Bertz CT molecular complexity index is 333. The normalized spacial score (nSPS) is 13.0. The number of aliphatic hydroxyl groups excluding tert-OH is 1. The van der Waals surface area contributed by atoms with E-state index in [0.717, 1.165) is 13.0 Å². The molecular weight excluding hydrogens is 219 g/mol. The van der Waals surface area contributed by atoms with Crippen LogP contribution in [0.15, 0.2) is 24.3 Å². The first-order valence-electron chi connectivity index (χ1n) is 5.90. The van der Waals surface area contributed by atoms with Gasteiger partial charge in [0.1, 0.15) is 5.82 Å². The molecule has 2 N–H and O–H groups in total. The fraction of sp³-hybridized carbons (Fsp3) is 0.538. The highest BCUT2D eigenvalue weighted by molar-refractivity contribution is 5.21. The number of benzene rings is 1. The van der Waals surface area contributed by atoms with E-state index < -0.39 is 0 Å². The molecule has 0 radical (unpaired) electrons. The molecule has 17 heavy (non-hydrogen) atoms. The summed E-state index contributed by atoms with van der Waals surface area (Å²) in [6.45, 7) is 1.62. The lowest BCUT2D eigenvalue weighted by atomic mass is 10.0. The van der Waals surface area contributed by atoms with Gasteiger partial charge in [-0.05, 0) is 33.1 Å². The molecule has 0 amide bonds. The molecule has 1 aromatic rings. The molecule has 0 spiro atoms. The third kappa shape index (κ3) is 4.42. The SMILES string of the molecule is CNC(CCN(C)CCO)c1ccccc1F. The molecule has 1 rings (SSSR count). The van der Waals surface area contributed by atoms with E-state index in [-0.39, 0.29) is 18.5 Å². The average Bonchev–Trinajstić information content (AvgIpc) is 2.32. The third-order valence-electron chi connectivity index (χ3n) is 2.91. The number of halogens is 1.